The fourth-order valence-electron chi connectivity index (χ4n) is 1.23. The van der Waals surface area contributed by atoms with Crippen molar-refractivity contribution in [2.75, 3.05) is 13.7 Å². The Kier molecular flexibility index (Phi) is 2.85. The molecule has 0 radical (unpaired) electrons. The van der Waals surface area contributed by atoms with Gasteiger partial charge in [-0.1, -0.05) is 0 Å². The quantitative estimate of drug-likeness (QED) is 0.704. The number of carbonyl (C=O) groups excluding carboxylic acids is 1. The van der Waals surface area contributed by atoms with Crippen molar-refractivity contribution in [2.24, 2.45) is 5.92 Å². The van der Waals surface area contributed by atoms with Crippen molar-refractivity contribution in [2.45, 2.75) is 12.8 Å². The largest absolute Gasteiger partial charge is 0.492 e. The number of aromatic nitrogens is 1. The second-order valence-corrected chi connectivity index (χ2v) is 3.66. The zero-order chi connectivity index (χ0) is 10.7. The lowest BCUT2D eigenvalue weighted by Crippen LogP contribution is -2.04. The van der Waals surface area contributed by atoms with Gasteiger partial charge < -0.3 is 9.47 Å². The number of esters is 1. The van der Waals surface area contributed by atoms with E-state index in [-0.39, 0.29) is 5.97 Å². The Morgan fingerprint density at radius 1 is 1.53 bits per heavy atom. The molecule has 1 saturated carbocycles. The third-order valence-corrected chi connectivity index (χ3v) is 2.32. The molecule has 0 N–H and O–H groups in total. The van der Waals surface area contributed by atoms with Gasteiger partial charge in [0.15, 0.2) is 0 Å². The summed E-state index contributed by atoms with van der Waals surface area (Å²) in [7, 11) is 1.35. The summed E-state index contributed by atoms with van der Waals surface area (Å²) in [4.78, 5) is 15.1. The summed E-state index contributed by atoms with van der Waals surface area (Å²) < 4.78 is 10.1. The maximum atomic E-state index is 11.2. The van der Waals surface area contributed by atoms with Crippen LogP contribution in [0.5, 0.6) is 5.75 Å². The van der Waals surface area contributed by atoms with Crippen LogP contribution in [0.2, 0.25) is 0 Å². The number of rotatable bonds is 4. The Morgan fingerprint density at radius 3 is 3.00 bits per heavy atom. The average Bonchev–Trinajstić information content (AvgIpc) is 3.09. The van der Waals surface area contributed by atoms with Crippen molar-refractivity contribution in [3.63, 3.8) is 0 Å². The molecule has 1 fully saturated rings. The average molecular weight is 207 g/mol. The number of ether oxygens (including phenoxy) is 2. The highest BCUT2D eigenvalue weighted by molar-refractivity contribution is 5.89. The summed E-state index contributed by atoms with van der Waals surface area (Å²) in [6, 6.07) is 1.65. The summed E-state index contributed by atoms with van der Waals surface area (Å²) in [6.45, 7) is 0.715. The molecule has 0 aromatic carbocycles. The first-order valence-corrected chi connectivity index (χ1v) is 4.96. The molecule has 1 aromatic rings. The van der Waals surface area contributed by atoms with Crippen molar-refractivity contribution in [3.8, 4) is 5.75 Å². The van der Waals surface area contributed by atoms with Gasteiger partial charge in [-0.2, -0.15) is 0 Å². The molecule has 0 saturated heterocycles. The van der Waals surface area contributed by atoms with E-state index in [9.17, 15) is 4.79 Å². The van der Waals surface area contributed by atoms with Crippen LogP contribution in [0.15, 0.2) is 18.5 Å². The zero-order valence-electron chi connectivity index (χ0n) is 8.60. The van der Waals surface area contributed by atoms with Crippen molar-refractivity contribution < 1.29 is 14.3 Å². The fourth-order valence-corrected chi connectivity index (χ4v) is 1.23. The van der Waals surface area contributed by atoms with Crippen molar-refractivity contribution >= 4 is 5.97 Å². The minimum atomic E-state index is -0.389. The molecule has 0 amide bonds. The van der Waals surface area contributed by atoms with Crippen LogP contribution in [0.1, 0.15) is 23.2 Å². The normalized spacial score (nSPS) is 14.7. The van der Waals surface area contributed by atoms with Crippen LogP contribution in [0.4, 0.5) is 0 Å². The van der Waals surface area contributed by atoms with Crippen molar-refractivity contribution in [3.05, 3.63) is 24.0 Å². The van der Waals surface area contributed by atoms with Gasteiger partial charge >= 0.3 is 5.97 Å². The molecule has 4 nitrogen and oxygen atoms in total. The summed E-state index contributed by atoms with van der Waals surface area (Å²) in [5, 5.41) is 0. The molecule has 0 atom stereocenters. The molecular formula is C11H13NO3. The van der Waals surface area contributed by atoms with Gasteiger partial charge in [-0.05, 0) is 24.8 Å². The molecule has 1 aliphatic carbocycles. The topological polar surface area (TPSA) is 48.4 Å². The first-order chi connectivity index (χ1) is 7.29. The summed E-state index contributed by atoms with van der Waals surface area (Å²) >= 11 is 0. The highest BCUT2D eigenvalue weighted by Crippen LogP contribution is 2.29. The summed E-state index contributed by atoms with van der Waals surface area (Å²) in [5.41, 5.74) is 0.422. The predicted octanol–water partition coefficient (Wildman–Crippen LogP) is 1.66. The van der Waals surface area contributed by atoms with Crippen molar-refractivity contribution in [1.29, 1.82) is 0 Å². The number of carbonyl (C=O) groups is 1. The van der Waals surface area contributed by atoms with E-state index in [2.05, 4.69) is 9.72 Å². The molecule has 1 aromatic heterocycles. The van der Waals surface area contributed by atoms with Gasteiger partial charge in [0.25, 0.3) is 0 Å². The van der Waals surface area contributed by atoms with E-state index in [0.29, 0.717) is 23.8 Å². The molecule has 0 unspecified atom stereocenters. The number of hydrogen-bond donors (Lipinski definition) is 0. The Hall–Kier alpha value is -1.58. The molecule has 1 aliphatic rings. The molecule has 4 heteroatoms. The molecule has 0 spiro atoms. The Morgan fingerprint density at radius 2 is 2.33 bits per heavy atom. The Labute approximate surface area is 88.2 Å². The highest BCUT2D eigenvalue weighted by atomic mass is 16.5. The van der Waals surface area contributed by atoms with E-state index in [1.165, 1.54) is 26.1 Å². The van der Waals surface area contributed by atoms with E-state index in [1.807, 2.05) is 0 Å². The maximum absolute atomic E-state index is 11.2. The second kappa shape index (κ2) is 4.29. The Bertz CT molecular complexity index is 361. The minimum Gasteiger partial charge on any atom is -0.492 e. The van der Waals surface area contributed by atoms with Crippen LogP contribution in [0.3, 0.4) is 0 Å². The van der Waals surface area contributed by atoms with E-state index < -0.39 is 0 Å². The Balaban J connectivity index is 2.00. The van der Waals surface area contributed by atoms with Gasteiger partial charge in [0.2, 0.25) is 0 Å². The van der Waals surface area contributed by atoms with Gasteiger partial charge in [0.1, 0.15) is 5.75 Å². The third-order valence-electron chi connectivity index (χ3n) is 2.32. The molecule has 0 bridgehead atoms. The standard InChI is InChI=1S/C11H13NO3/c1-14-11(13)9-4-10(6-12-5-9)15-7-8-2-3-8/h4-6,8H,2-3,7H2,1H3. The van der Waals surface area contributed by atoms with E-state index in [0.717, 1.165) is 0 Å². The van der Waals surface area contributed by atoms with Gasteiger partial charge in [0.05, 0.1) is 25.5 Å². The van der Waals surface area contributed by atoms with Crippen LogP contribution >= 0.6 is 0 Å². The predicted molar refractivity (Wildman–Crippen MR) is 53.8 cm³/mol. The van der Waals surface area contributed by atoms with Crippen LogP contribution in [-0.4, -0.2) is 24.7 Å². The summed E-state index contributed by atoms with van der Waals surface area (Å²) in [5.74, 6) is 0.927. The molecule has 80 valence electrons. The third kappa shape index (κ3) is 2.68. The van der Waals surface area contributed by atoms with Gasteiger partial charge in [-0.15, -0.1) is 0 Å². The number of pyridine rings is 1. The second-order valence-electron chi connectivity index (χ2n) is 3.66. The molecule has 2 rings (SSSR count). The molecule has 15 heavy (non-hydrogen) atoms. The van der Waals surface area contributed by atoms with E-state index in [1.54, 1.807) is 12.3 Å². The van der Waals surface area contributed by atoms with Gasteiger partial charge in [-0.3, -0.25) is 4.98 Å². The fraction of sp³-hybridized carbons (Fsp3) is 0.455. The molecule has 0 aliphatic heterocycles. The van der Waals surface area contributed by atoms with Gasteiger partial charge in [0, 0.05) is 6.20 Å². The SMILES string of the molecule is COC(=O)c1cncc(OCC2CC2)c1. The van der Waals surface area contributed by atoms with E-state index >= 15 is 0 Å². The van der Waals surface area contributed by atoms with Crippen LogP contribution in [0, 0.1) is 5.92 Å². The monoisotopic (exact) mass is 207 g/mol. The first-order valence-electron chi connectivity index (χ1n) is 4.96. The minimum absolute atomic E-state index is 0.389. The van der Waals surface area contributed by atoms with Crippen molar-refractivity contribution in [1.82, 2.24) is 4.98 Å². The smallest absolute Gasteiger partial charge is 0.339 e. The summed E-state index contributed by atoms with van der Waals surface area (Å²) in [6.07, 6.45) is 5.55. The molecule has 1 heterocycles. The van der Waals surface area contributed by atoms with Crippen LogP contribution in [0.25, 0.3) is 0 Å². The van der Waals surface area contributed by atoms with Crippen LogP contribution in [-0.2, 0) is 4.74 Å². The lowest BCUT2D eigenvalue weighted by Gasteiger charge is -2.05. The number of nitrogens with zero attached hydrogens (tertiary/aromatic N) is 1. The maximum Gasteiger partial charge on any atom is 0.339 e. The lowest BCUT2D eigenvalue weighted by molar-refractivity contribution is 0.0599. The molecular weight excluding hydrogens is 194 g/mol. The lowest BCUT2D eigenvalue weighted by atomic mass is 10.3. The number of hydrogen-bond acceptors (Lipinski definition) is 4. The van der Waals surface area contributed by atoms with Crippen LogP contribution < -0.4 is 4.74 Å². The van der Waals surface area contributed by atoms with E-state index in [4.69, 9.17) is 4.74 Å². The zero-order valence-corrected chi connectivity index (χ0v) is 8.60. The first kappa shape index (κ1) is 9.96. The van der Waals surface area contributed by atoms with Gasteiger partial charge in [-0.25, -0.2) is 4.79 Å². The number of methoxy groups -OCH3 is 1. The highest BCUT2D eigenvalue weighted by Gasteiger charge is 2.22.